The third kappa shape index (κ3) is 4.00. The van der Waals surface area contributed by atoms with Crippen LogP contribution in [0.2, 0.25) is 0 Å². The molecule has 1 aliphatic rings. The molecule has 2 atom stereocenters. The number of ether oxygens (including phenoxy) is 1. The molecule has 2 aromatic carbocycles. The molecule has 2 N–H and O–H groups in total. The monoisotopic (exact) mass is 339 g/mol. The first-order valence-electron chi connectivity index (χ1n) is 8.83. The maximum absolute atomic E-state index is 12.9. The molecule has 5 nitrogen and oxygen atoms in total. The van der Waals surface area contributed by atoms with Gasteiger partial charge in [-0.15, -0.1) is 0 Å². The molecular formula is C20H25N3O2. The zero-order chi connectivity index (χ0) is 17.6. The summed E-state index contributed by atoms with van der Waals surface area (Å²) < 4.78 is 5.48. The molecule has 0 aromatic heterocycles. The number of rotatable bonds is 6. The summed E-state index contributed by atoms with van der Waals surface area (Å²) in [4.78, 5) is 14.7. The number of hydrazine groups is 1. The van der Waals surface area contributed by atoms with Gasteiger partial charge in [0.05, 0.1) is 6.61 Å². The van der Waals surface area contributed by atoms with Gasteiger partial charge in [-0.3, -0.25) is 4.79 Å². The number of carbonyl (C=O) groups excluding carboxylic acids is 1. The van der Waals surface area contributed by atoms with Crippen molar-refractivity contribution in [1.82, 2.24) is 10.9 Å². The molecule has 1 saturated heterocycles. The summed E-state index contributed by atoms with van der Waals surface area (Å²) in [5, 5.41) is 0. The highest BCUT2D eigenvalue weighted by atomic mass is 16.5. The number of benzene rings is 2. The first kappa shape index (κ1) is 17.5. The summed E-state index contributed by atoms with van der Waals surface area (Å²) >= 11 is 0. The predicted molar refractivity (Wildman–Crippen MR) is 99.5 cm³/mol. The van der Waals surface area contributed by atoms with Crippen LogP contribution in [0.15, 0.2) is 54.6 Å². The van der Waals surface area contributed by atoms with Gasteiger partial charge in [-0.2, -0.15) is 0 Å². The van der Waals surface area contributed by atoms with E-state index in [4.69, 9.17) is 4.74 Å². The molecular weight excluding hydrogens is 314 g/mol. The lowest BCUT2D eigenvalue weighted by Gasteiger charge is -2.24. The highest BCUT2D eigenvalue weighted by Gasteiger charge is 2.32. The Labute approximate surface area is 149 Å². The number of nitrogens with zero attached hydrogens (tertiary/aromatic N) is 1. The van der Waals surface area contributed by atoms with Crippen LogP contribution >= 0.6 is 0 Å². The first-order chi connectivity index (χ1) is 12.2. The summed E-state index contributed by atoms with van der Waals surface area (Å²) in [5.41, 5.74) is 8.48. The fourth-order valence-corrected chi connectivity index (χ4v) is 3.16. The van der Waals surface area contributed by atoms with Crippen LogP contribution in [0.25, 0.3) is 0 Å². The Bertz CT molecular complexity index is 688. The molecule has 132 valence electrons. The van der Waals surface area contributed by atoms with Crippen molar-refractivity contribution in [3.63, 3.8) is 0 Å². The second-order valence-electron chi connectivity index (χ2n) is 6.05. The molecule has 1 heterocycles. The minimum atomic E-state index is -0.239. The lowest BCUT2D eigenvalue weighted by atomic mass is 10.0. The third-order valence-electron chi connectivity index (χ3n) is 4.44. The molecule has 3 rings (SSSR count). The molecule has 5 heteroatoms. The van der Waals surface area contributed by atoms with E-state index in [1.807, 2.05) is 73.3 Å². The van der Waals surface area contributed by atoms with Crippen LogP contribution in [0.5, 0.6) is 5.75 Å². The van der Waals surface area contributed by atoms with Gasteiger partial charge in [0.25, 0.3) is 0 Å². The van der Waals surface area contributed by atoms with E-state index in [9.17, 15) is 4.79 Å². The number of nitrogens with one attached hydrogen (secondary N) is 2. The fraction of sp³-hybridized carbons (Fsp3) is 0.350. The number of likely N-dealkylation sites (N-methyl/N-ethyl adjacent to an activating group) is 1. The van der Waals surface area contributed by atoms with Gasteiger partial charge in [0, 0.05) is 18.3 Å². The van der Waals surface area contributed by atoms with Gasteiger partial charge in [0.1, 0.15) is 11.8 Å². The van der Waals surface area contributed by atoms with Gasteiger partial charge < -0.3 is 9.64 Å². The summed E-state index contributed by atoms with van der Waals surface area (Å²) in [6.07, 6.45) is 0.718. The number of amides is 1. The number of para-hydroxylation sites is 1. The largest absolute Gasteiger partial charge is 0.494 e. The van der Waals surface area contributed by atoms with E-state index in [-0.39, 0.29) is 18.0 Å². The van der Waals surface area contributed by atoms with E-state index in [1.54, 1.807) is 0 Å². The second kappa shape index (κ2) is 8.14. The third-order valence-corrected chi connectivity index (χ3v) is 4.44. The molecule has 0 spiro atoms. The molecule has 0 radical (unpaired) electrons. The minimum absolute atomic E-state index is 0.0923. The van der Waals surface area contributed by atoms with Crippen LogP contribution in [0.3, 0.4) is 0 Å². The molecule has 25 heavy (non-hydrogen) atoms. The van der Waals surface area contributed by atoms with E-state index < -0.39 is 0 Å². The molecule has 0 aliphatic carbocycles. The Kier molecular flexibility index (Phi) is 5.68. The molecule has 0 bridgehead atoms. The van der Waals surface area contributed by atoms with Crippen molar-refractivity contribution in [2.45, 2.75) is 32.4 Å². The van der Waals surface area contributed by atoms with E-state index in [0.717, 1.165) is 23.4 Å². The van der Waals surface area contributed by atoms with Crippen LogP contribution in [0.1, 0.15) is 31.9 Å². The van der Waals surface area contributed by atoms with Gasteiger partial charge in [-0.05, 0) is 50.1 Å². The average molecular weight is 339 g/mol. The summed E-state index contributed by atoms with van der Waals surface area (Å²) in [5.74, 6) is 0.959. The number of carbonyl (C=O) groups is 1. The summed E-state index contributed by atoms with van der Waals surface area (Å²) in [6, 6.07) is 17.7. The molecule has 0 saturated carbocycles. The van der Waals surface area contributed by atoms with E-state index in [1.165, 1.54) is 0 Å². The van der Waals surface area contributed by atoms with Crippen LogP contribution in [-0.2, 0) is 4.79 Å². The summed E-state index contributed by atoms with van der Waals surface area (Å²) in [7, 11) is 0. The predicted octanol–water partition coefficient (Wildman–Crippen LogP) is 3.05. The van der Waals surface area contributed by atoms with Gasteiger partial charge in [-0.1, -0.05) is 30.3 Å². The summed E-state index contributed by atoms with van der Waals surface area (Å²) in [6.45, 7) is 5.27. The highest BCUT2D eigenvalue weighted by Crippen LogP contribution is 2.26. The van der Waals surface area contributed by atoms with Crippen molar-refractivity contribution in [2.75, 3.05) is 18.1 Å². The van der Waals surface area contributed by atoms with Gasteiger partial charge in [0.2, 0.25) is 5.91 Å². The maximum Gasteiger partial charge on any atom is 0.245 e. The van der Waals surface area contributed by atoms with Crippen LogP contribution in [-0.4, -0.2) is 25.1 Å². The molecule has 2 aromatic rings. The van der Waals surface area contributed by atoms with Crippen molar-refractivity contribution in [3.05, 3.63) is 60.2 Å². The van der Waals surface area contributed by atoms with Crippen LogP contribution in [0.4, 0.5) is 5.69 Å². The SMILES string of the molecule is CCOc1ccc(C2CC(C(=O)N(CC)c3ccccc3)NN2)cc1. The Morgan fingerprint density at radius 2 is 1.80 bits per heavy atom. The van der Waals surface area contributed by atoms with Gasteiger partial charge >= 0.3 is 0 Å². The van der Waals surface area contributed by atoms with Crippen molar-refractivity contribution < 1.29 is 9.53 Å². The quantitative estimate of drug-likeness (QED) is 0.849. The van der Waals surface area contributed by atoms with Gasteiger partial charge in [0.15, 0.2) is 0 Å². The van der Waals surface area contributed by atoms with Gasteiger partial charge in [-0.25, -0.2) is 10.9 Å². The lowest BCUT2D eigenvalue weighted by molar-refractivity contribution is -0.120. The lowest BCUT2D eigenvalue weighted by Crippen LogP contribution is -2.45. The van der Waals surface area contributed by atoms with Crippen LogP contribution < -0.4 is 20.5 Å². The van der Waals surface area contributed by atoms with E-state index >= 15 is 0 Å². The van der Waals surface area contributed by atoms with E-state index in [2.05, 4.69) is 10.9 Å². The molecule has 1 amide bonds. The smallest absolute Gasteiger partial charge is 0.245 e. The number of hydrogen-bond acceptors (Lipinski definition) is 4. The van der Waals surface area contributed by atoms with Crippen molar-refractivity contribution in [1.29, 1.82) is 0 Å². The van der Waals surface area contributed by atoms with Crippen molar-refractivity contribution in [3.8, 4) is 5.75 Å². The highest BCUT2D eigenvalue weighted by molar-refractivity contribution is 5.97. The maximum atomic E-state index is 12.9. The molecule has 2 unspecified atom stereocenters. The fourth-order valence-electron chi connectivity index (χ4n) is 3.16. The minimum Gasteiger partial charge on any atom is -0.494 e. The first-order valence-corrected chi connectivity index (χ1v) is 8.83. The Morgan fingerprint density at radius 1 is 1.08 bits per heavy atom. The Balaban J connectivity index is 1.66. The zero-order valence-corrected chi connectivity index (χ0v) is 14.7. The average Bonchev–Trinajstić information content (AvgIpc) is 3.14. The zero-order valence-electron chi connectivity index (χ0n) is 14.7. The van der Waals surface area contributed by atoms with E-state index in [0.29, 0.717) is 13.2 Å². The van der Waals surface area contributed by atoms with Crippen molar-refractivity contribution >= 4 is 11.6 Å². The van der Waals surface area contributed by atoms with Crippen molar-refractivity contribution in [2.24, 2.45) is 0 Å². The molecule has 1 aliphatic heterocycles. The Morgan fingerprint density at radius 3 is 2.44 bits per heavy atom. The standard InChI is InChI=1S/C20H25N3O2/c1-3-23(16-8-6-5-7-9-16)20(24)19-14-18(21-22-19)15-10-12-17(13-11-15)25-4-2/h5-13,18-19,21-22H,3-4,14H2,1-2H3. The second-order valence-corrected chi connectivity index (χ2v) is 6.05. The number of hydrogen-bond donors (Lipinski definition) is 2. The van der Waals surface area contributed by atoms with Crippen LogP contribution in [0, 0.1) is 0 Å². The normalized spacial score (nSPS) is 19.6. The topological polar surface area (TPSA) is 53.6 Å². The Hall–Kier alpha value is -2.37. The number of anilines is 1. The molecule has 1 fully saturated rings.